The first-order valence-electron chi connectivity index (χ1n) is 12.6. The van der Waals surface area contributed by atoms with Crippen molar-refractivity contribution in [2.75, 3.05) is 37.9 Å². The van der Waals surface area contributed by atoms with Crippen molar-refractivity contribution < 1.29 is 18.7 Å². The fourth-order valence-corrected chi connectivity index (χ4v) is 5.77. The first kappa shape index (κ1) is 23.9. The van der Waals surface area contributed by atoms with Crippen LogP contribution in [0.3, 0.4) is 0 Å². The van der Waals surface area contributed by atoms with Crippen molar-refractivity contribution in [2.24, 2.45) is 10.3 Å². The number of carbonyl (C=O) groups is 1. The Morgan fingerprint density at radius 3 is 2.77 bits per heavy atom. The highest BCUT2D eigenvalue weighted by Gasteiger charge is 2.54. The number of nitrogens with zero attached hydrogens (tertiary/aromatic N) is 5. The summed E-state index contributed by atoms with van der Waals surface area (Å²) in [5, 5.41) is 11.1. The number of morpholine rings is 1. The molecule has 1 aromatic heterocycles. The second kappa shape index (κ2) is 9.66. The third-order valence-electron chi connectivity index (χ3n) is 7.47. The number of carbonyl (C=O) groups excluding carboxylic acids is 1. The molecule has 1 aromatic carbocycles. The van der Waals surface area contributed by atoms with Gasteiger partial charge in [0.1, 0.15) is 28.8 Å². The monoisotopic (exact) mass is 485 g/mol. The van der Waals surface area contributed by atoms with Crippen LogP contribution in [0, 0.1) is 5.82 Å². The number of halogens is 1. The second-order valence-corrected chi connectivity index (χ2v) is 9.31. The van der Waals surface area contributed by atoms with E-state index >= 15 is 4.39 Å². The van der Waals surface area contributed by atoms with Crippen LogP contribution in [0.4, 0.5) is 10.1 Å². The Morgan fingerprint density at radius 1 is 1.23 bits per heavy atom. The lowest BCUT2D eigenvalue weighted by Crippen LogP contribution is -2.65. The van der Waals surface area contributed by atoms with Crippen LogP contribution >= 0.6 is 0 Å². The van der Waals surface area contributed by atoms with Crippen LogP contribution in [0.25, 0.3) is 10.9 Å². The number of benzene rings is 1. The average Bonchev–Trinajstić information content (AvgIpc) is 3.09. The van der Waals surface area contributed by atoms with Gasteiger partial charge in [0.05, 0.1) is 25.3 Å². The summed E-state index contributed by atoms with van der Waals surface area (Å²) in [7, 11) is 0. The first-order chi connectivity index (χ1) is 17.0. The third kappa shape index (κ3) is 3.92. The quantitative estimate of drug-likeness (QED) is 0.597. The standard InChI is InChI=1S/C25H32FN5O4/c1-3-29-16-18(24(33)35-4-2)23(32)17-14-19(26)21(15-20(17)29)31-25(30-10-12-34-13-11-30)9-7-5-6-8-22(25)27-28-31/h14-16,22H,3-13H2,1-2H3. The Bertz CT molecular complexity index is 1210. The van der Waals surface area contributed by atoms with Gasteiger partial charge in [-0.2, -0.15) is 5.11 Å². The molecule has 0 spiro atoms. The molecule has 1 saturated heterocycles. The van der Waals surface area contributed by atoms with Gasteiger partial charge in [-0.1, -0.05) is 18.1 Å². The maximum atomic E-state index is 15.8. The molecule has 2 aliphatic heterocycles. The molecular formula is C25H32FN5O4. The second-order valence-electron chi connectivity index (χ2n) is 9.31. The summed E-state index contributed by atoms with van der Waals surface area (Å²) in [6.07, 6.45) is 6.41. The minimum absolute atomic E-state index is 0.0576. The van der Waals surface area contributed by atoms with Gasteiger partial charge in [-0.3, -0.25) is 9.69 Å². The van der Waals surface area contributed by atoms with Gasteiger partial charge in [-0.05, 0) is 45.2 Å². The van der Waals surface area contributed by atoms with Crippen molar-refractivity contribution >= 4 is 22.6 Å². The zero-order chi connectivity index (χ0) is 24.6. The van der Waals surface area contributed by atoms with Gasteiger partial charge < -0.3 is 14.0 Å². The molecule has 2 fully saturated rings. The van der Waals surface area contributed by atoms with Gasteiger partial charge >= 0.3 is 5.97 Å². The summed E-state index contributed by atoms with van der Waals surface area (Å²) in [6.45, 7) is 6.94. The molecule has 2 unspecified atom stereocenters. The molecule has 1 saturated carbocycles. The van der Waals surface area contributed by atoms with Crippen LogP contribution in [0.15, 0.2) is 33.5 Å². The summed E-state index contributed by atoms with van der Waals surface area (Å²) in [6, 6.07) is 2.85. The molecule has 10 heteroatoms. The highest BCUT2D eigenvalue weighted by atomic mass is 19.1. The summed E-state index contributed by atoms with van der Waals surface area (Å²) >= 11 is 0. The molecule has 9 nitrogen and oxygen atoms in total. The normalized spacial score (nSPS) is 25.0. The first-order valence-corrected chi connectivity index (χ1v) is 12.6. The van der Waals surface area contributed by atoms with Crippen molar-refractivity contribution in [2.45, 2.75) is 64.2 Å². The zero-order valence-corrected chi connectivity index (χ0v) is 20.3. The number of hydrogen-bond acceptors (Lipinski definition) is 8. The molecule has 3 heterocycles. The largest absolute Gasteiger partial charge is 0.462 e. The molecular weight excluding hydrogens is 453 g/mol. The van der Waals surface area contributed by atoms with E-state index in [1.807, 2.05) is 6.92 Å². The van der Waals surface area contributed by atoms with E-state index in [2.05, 4.69) is 15.2 Å². The maximum Gasteiger partial charge on any atom is 0.343 e. The molecule has 0 radical (unpaired) electrons. The van der Waals surface area contributed by atoms with Gasteiger partial charge in [0.25, 0.3) is 0 Å². The van der Waals surface area contributed by atoms with E-state index in [4.69, 9.17) is 9.47 Å². The Kier molecular flexibility index (Phi) is 6.59. The number of hydrogen-bond donors (Lipinski definition) is 0. The lowest BCUT2D eigenvalue weighted by atomic mass is 9.91. The number of aryl methyl sites for hydroxylation is 1. The highest BCUT2D eigenvalue weighted by Crippen LogP contribution is 2.46. The van der Waals surface area contributed by atoms with Crippen molar-refractivity contribution in [1.29, 1.82) is 0 Å². The average molecular weight is 486 g/mol. The minimum atomic E-state index is -0.702. The van der Waals surface area contributed by atoms with Crippen LogP contribution in [-0.2, 0) is 16.0 Å². The van der Waals surface area contributed by atoms with Crippen molar-refractivity contribution in [3.05, 3.63) is 39.9 Å². The van der Waals surface area contributed by atoms with Crippen molar-refractivity contribution in [1.82, 2.24) is 9.47 Å². The predicted molar refractivity (Wildman–Crippen MR) is 129 cm³/mol. The van der Waals surface area contributed by atoms with E-state index < -0.39 is 22.9 Å². The SMILES string of the molecule is CCOC(=O)c1cn(CC)c2cc(N3N=NC4CCCCCC43N3CCOCC3)c(F)cc2c1=O. The number of fused-ring (bicyclic) bond motifs is 2. The van der Waals surface area contributed by atoms with E-state index in [0.717, 1.165) is 45.2 Å². The van der Waals surface area contributed by atoms with Gasteiger partial charge in [0.15, 0.2) is 0 Å². The van der Waals surface area contributed by atoms with Crippen LogP contribution in [0.2, 0.25) is 0 Å². The fraction of sp³-hybridized carbons (Fsp3) is 0.600. The number of esters is 1. The molecule has 188 valence electrons. The zero-order valence-electron chi connectivity index (χ0n) is 20.3. The number of aromatic nitrogens is 1. The molecule has 2 atom stereocenters. The summed E-state index contributed by atoms with van der Waals surface area (Å²) in [4.78, 5) is 27.8. The summed E-state index contributed by atoms with van der Waals surface area (Å²) in [5.74, 6) is -1.26. The minimum Gasteiger partial charge on any atom is -0.462 e. The summed E-state index contributed by atoms with van der Waals surface area (Å²) < 4.78 is 28.3. The van der Waals surface area contributed by atoms with Crippen molar-refractivity contribution in [3.63, 3.8) is 0 Å². The smallest absolute Gasteiger partial charge is 0.343 e. The molecule has 0 N–H and O–H groups in total. The molecule has 3 aliphatic rings. The van der Waals surface area contributed by atoms with Crippen LogP contribution < -0.4 is 10.4 Å². The number of pyridine rings is 1. The number of rotatable bonds is 5. The Morgan fingerprint density at radius 2 is 2.03 bits per heavy atom. The van der Waals surface area contributed by atoms with E-state index in [0.29, 0.717) is 31.0 Å². The highest BCUT2D eigenvalue weighted by molar-refractivity contribution is 5.94. The van der Waals surface area contributed by atoms with Gasteiger partial charge in [-0.25, -0.2) is 14.2 Å². The van der Waals surface area contributed by atoms with E-state index in [9.17, 15) is 9.59 Å². The lowest BCUT2D eigenvalue weighted by molar-refractivity contribution is -0.0304. The topological polar surface area (TPSA) is 88.7 Å². The summed E-state index contributed by atoms with van der Waals surface area (Å²) in [5.41, 5.74) is -0.347. The molecule has 5 rings (SSSR count). The Labute approximate surface area is 203 Å². The third-order valence-corrected chi connectivity index (χ3v) is 7.47. The lowest BCUT2D eigenvalue weighted by Gasteiger charge is -2.48. The molecule has 0 amide bonds. The van der Waals surface area contributed by atoms with Crippen LogP contribution in [0.5, 0.6) is 0 Å². The predicted octanol–water partition coefficient (Wildman–Crippen LogP) is 3.89. The fourth-order valence-electron chi connectivity index (χ4n) is 5.77. The Balaban J connectivity index is 1.66. The van der Waals surface area contributed by atoms with E-state index in [1.165, 1.54) is 12.3 Å². The molecule has 2 aromatic rings. The maximum absolute atomic E-state index is 15.8. The van der Waals surface area contributed by atoms with Crippen molar-refractivity contribution in [3.8, 4) is 0 Å². The van der Waals surface area contributed by atoms with Crippen LogP contribution in [-0.4, -0.2) is 60.1 Å². The van der Waals surface area contributed by atoms with Gasteiger partial charge in [0, 0.05) is 31.2 Å². The van der Waals surface area contributed by atoms with E-state index in [-0.39, 0.29) is 23.6 Å². The van der Waals surface area contributed by atoms with E-state index in [1.54, 1.807) is 22.6 Å². The Hall–Kier alpha value is -2.85. The molecule has 35 heavy (non-hydrogen) atoms. The van der Waals surface area contributed by atoms with Gasteiger partial charge in [0.2, 0.25) is 5.43 Å². The van der Waals surface area contributed by atoms with Crippen LogP contribution in [0.1, 0.15) is 56.3 Å². The molecule has 0 bridgehead atoms. The molecule has 1 aliphatic carbocycles. The number of anilines is 1. The van der Waals surface area contributed by atoms with Gasteiger partial charge in [-0.15, -0.1) is 0 Å². The number of ether oxygens (including phenoxy) is 2.